The van der Waals surface area contributed by atoms with E-state index < -0.39 is 10.0 Å². The second kappa shape index (κ2) is 9.39. The van der Waals surface area contributed by atoms with Crippen molar-refractivity contribution in [1.29, 1.82) is 0 Å². The average Bonchev–Trinajstić information content (AvgIpc) is 2.70. The molecule has 3 rings (SSSR count). The van der Waals surface area contributed by atoms with Crippen LogP contribution < -0.4 is 15.4 Å². The fraction of sp³-hybridized carbons (Fsp3) is 0.632. The van der Waals surface area contributed by atoms with Gasteiger partial charge >= 0.3 is 0 Å². The number of benzene rings is 1. The third-order valence-corrected chi connectivity index (χ3v) is 7.58. The summed E-state index contributed by atoms with van der Waals surface area (Å²) >= 11 is 5.46. The summed E-state index contributed by atoms with van der Waals surface area (Å²) in [5, 5.41) is 7.03. The molecule has 0 unspecified atom stereocenters. The number of nitrogens with zero attached hydrogens (tertiary/aromatic N) is 1. The Hall–Kier alpha value is -1.42. The summed E-state index contributed by atoms with van der Waals surface area (Å²) in [5.74, 6) is 0.887. The van der Waals surface area contributed by atoms with Crippen LogP contribution in [0.1, 0.15) is 32.6 Å². The number of methoxy groups -OCH3 is 1. The van der Waals surface area contributed by atoms with Crippen LogP contribution in [0.3, 0.4) is 0 Å². The molecule has 1 aromatic carbocycles. The van der Waals surface area contributed by atoms with Gasteiger partial charge in [-0.1, -0.05) is 19.8 Å². The van der Waals surface area contributed by atoms with Crippen LogP contribution in [0.25, 0.3) is 0 Å². The monoisotopic (exact) mass is 427 g/mol. The molecule has 1 saturated carbocycles. The van der Waals surface area contributed by atoms with Crippen LogP contribution in [0, 0.1) is 5.92 Å². The Morgan fingerprint density at radius 1 is 1.25 bits per heavy atom. The lowest BCUT2D eigenvalue weighted by atomic mass is 9.86. The van der Waals surface area contributed by atoms with Gasteiger partial charge in [0.05, 0.1) is 20.3 Å². The summed E-state index contributed by atoms with van der Waals surface area (Å²) in [6.45, 7) is 3.70. The lowest BCUT2D eigenvalue weighted by Gasteiger charge is -2.30. The van der Waals surface area contributed by atoms with Crippen molar-refractivity contribution in [1.82, 2.24) is 9.62 Å². The second-order valence-corrected chi connectivity index (χ2v) is 9.66. The van der Waals surface area contributed by atoms with Gasteiger partial charge in [0, 0.05) is 24.8 Å². The van der Waals surface area contributed by atoms with Gasteiger partial charge in [-0.2, -0.15) is 4.31 Å². The Morgan fingerprint density at radius 3 is 2.64 bits per heavy atom. The first-order valence-corrected chi connectivity index (χ1v) is 11.6. The Bertz CT molecular complexity index is 794. The predicted molar refractivity (Wildman–Crippen MR) is 113 cm³/mol. The standard InChI is InChI=1S/C19H29N3O4S2/c1-14-5-3-4-6-16(14)21-19(27)20-15-7-8-17(25-2)18(13-15)28(23,24)22-9-11-26-12-10-22/h7-8,13-14,16H,3-6,9-12H2,1-2H3,(H2,20,21,27)/t14-,16+/m1/s1. The Balaban J connectivity index is 1.75. The molecule has 1 heterocycles. The number of morpholine rings is 1. The van der Waals surface area contributed by atoms with Crippen molar-refractivity contribution in [2.45, 2.75) is 43.5 Å². The summed E-state index contributed by atoms with van der Waals surface area (Å²) in [5.41, 5.74) is 0.619. The molecular weight excluding hydrogens is 398 g/mol. The van der Waals surface area contributed by atoms with E-state index in [0.29, 0.717) is 54.8 Å². The lowest BCUT2D eigenvalue weighted by Crippen LogP contribution is -2.43. The summed E-state index contributed by atoms with van der Waals surface area (Å²) in [6.07, 6.45) is 4.77. The zero-order valence-electron chi connectivity index (χ0n) is 16.4. The maximum atomic E-state index is 13.1. The van der Waals surface area contributed by atoms with E-state index in [4.69, 9.17) is 21.7 Å². The molecule has 2 N–H and O–H groups in total. The highest BCUT2D eigenvalue weighted by atomic mass is 32.2. The molecule has 0 radical (unpaired) electrons. The number of rotatable bonds is 5. The molecule has 28 heavy (non-hydrogen) atoms. The van der Waals surface area contributed by atoms with E-state index in [1.807, 2.05) is 0 Å². The van der Waals surface area contributed by atoms with Gasteiger partial charge < -0.3 is 20.1 Å². The smallest absolute Gasteiger partial charge is 0.246 e. The molecule has 2 aliphatic rings. The largest absolute Gasteiger partial charge is 0.495 e. The van der Waals surface area contributed by atoms with Crippen molar-refractivity contribution in [3.8, 4) is 5.75 Å². The number of sulfonamides is 1. The van der Waals surface area contributed by atoms with Crippen molar-refractivity contribution in [2.24, 2.45) is 5.92 Å². The first kappa shape index (κ1) is 21.3. The molecule has 0 aromatic heterocycles. The highest BCUT2D eigenvalue weighted by molar-refractivity contribution is 7.89. The van der Waals surface area contributed by atoms with E-state index in [2.05, 4.69) is 17.6 Å². The van der Waals surface area contributed by atoms with E-state index in [9.17, 15) is 8.42 Å². The van der Waals surface area contributed by atoms with Crippen molar-refractivity contribution in [3.05, 3.63) is 18.2 Å². The molecule has 1 saturated heterocycles. The van der Waals surface area contributed by atoms with Crippen molar-refractivity contribution >= 4 is 33.0 Å². The third-order valence-electron chi connectivity index (χ3n) is 5.44. The molecule has 7 nitrogen and oxygen atoms in total. The molecule has 0 amide bonds. The van der Waals surface area contributed by atoms with Crippen LogP contribution >= 0.6 is 12.2 Å². The normalized spacial score (nSPS) is 23.8. The number of anilines is 1. The van der Waals surface area contributed by atoms with E-state index in [0.717, 1.165) is 6.42 Å². The highest BCUT2D eigenvalue weighted by Crippen LogP contribution is 2.30. The Labute approximate surface area is 172 Å². The molecule has 2 atom stereocenters. The Morgan fingerprint density at radius 2 is 1.96 bits per heavy atom. The zero-order chi connectivity index (χ0) is 20.1. The van der Waals surface area contributed by atoms with Gasteiger partial charge in [-0.15, -0.1) is 0 Å². The zero-order valence-corrected chi connectivity index (χ0v) is 18.1. The minimum Gasteiger partial charge on any atom is -0.495 e. The van der Waals surface area contributed by atoms with Gasteiger partial charge in [-0.25, -0.2) is 8.42 Å². The van der Waals surface area contributed by atoms with Gasteiger partial charge in [0.15, 0.2) is 5.11 Å². The van der Waals surface area contributed by atoms with Gasteiger partial charge in [-0.05, 0) is 49.2 Å². The van der Waals surface area contributed by atoms with E-state index in [1.54, 1.807) is 18.2 Å². The number of ether oxygens (including phenoxy) is 2. The molecule has 1 aromatic rings. The fourth-order valence-electron chi connectivity index (χ4n) is 3.75. The molecule has 9 heteroatoms. The van der Waals surface area contributed by atoms with Crippen LogP contribution in [-0.2, 0) is 14.8 Å². The molecule has 2 fully saturated rings. The SMILES string of the molecule is COc1ccc(NC(=S)N[C@H]2CCCC[C@H]2C)cc1S(=O)(=O)N1CCOCC1. The molecule has 156 valence electrons. The van der Waals surface area contributed by atoms with Crippen molar-refractivity contribution < 1.29 is 17.9 Å². The molecule has 0 bridgehead atoms. The van der Waals surface area contributed by atoms with Crippen LogP contribution in [0.15, 0.2) is 23.1 Å². The number of nitrogens with one attached hydrogen (secondary N) is 2. The van der Waals surface area contributed by atoms with E-state index in [1.165, 1.54) is 30.7 Å². The molecule has 1 aliphatic carbocycles. The van der Waals surface area contributed by atoms with Crippen molar-refractivity contribution in [2.75, 3.05) is 38.7 Å². The first-order chi connectivity index (χ1) is 13.4. The van der Waals surface area contributed by atoms with Crippen molar-refractivity contribution in [3.63, 3.8) is 0 Å². The maximum absolute atomic E-state index is 13.1. The maximum Gasteiger partial charge on any atom is 0.246 e. The molecule has 1 aliphatic heterocycles. The predicted octanol–water partition coefficient (Wildman–Crippen LogP) is 2.58. The van der Waals surface area contributed by atoms with Crippen LogP contribution in [0.2, 0.25) is 0 Å². The summed E-state index contributed by atoms with van der Waals surface area (Å²) < 4.78 is 38.2. The summed E-state index contributed by atoms with van der Waals surface area (Å²) in [4.78, 5) is 0.135. The minimum absolute atomic E-state index is 0.135. The number of thiocarbonyl (C=S) groups is 1. The van der Waals surface area contributed by atoms with Gasteiger partial charge in [0.1, 0.15) is 10.6 Å². The van der Waals surface area contributed by atoms with E-state index >= 15 is 0 Å². The summed E-state index contributed by atoms with van der Waals surface area (Å²) in [6, 6.07) is 5.36. The fourth-order valence-corrected chi connectivity index (χ4v) is 5.61. The van der Waals surface area contributed by atoms with Crippen LogP contribution in [-0.4, -0.2) is 57.3 Å². The van der Waals surface area contributed by atoms with E-state index in [-0.39, 0.29) is 4.90 Å². The van der Waals surface area contributed by atoms with Crippen LogP contribution in [0.5, 0.6) is 5.75 Å². The van der Waals surface area contributed by atoms with Gasteiger partial charge in [0.2, 0.25) is 10.0 Å². The quantitative estimate of drug-likeness (QED) is 0.699. The second-order valence-electron chi connectivity index (χ2n) is 7.35. The molecule has 0 spiro atoms. The molecular formula is C19H29N3O4S2. The lowest BCUT2D eigenvalue weighted by molar-refractivity contribution is 0.0729. The van der Waals surface area contributed by atoms with Gasteiger partial charge in [-0.3, -0.25) is 0 Å². The number of hydrogen-bond donors (Lipinski definition) is 2. The Kier molecular flexibility index (Phi) is 7.14. The third kappa shape index (κ3) is 4.94. The highest BCUT2D eigenvalue weighted by Gasteiger charge is 2.29. The van der Waals surface area contributed by atoms with Gasteiger partial charge in [0.25, 0.3) is 0 Å². The number of hydrogen-bond acceptors (Lipinski definition) is 5. The van der Waals surface area contributed by atoms with Crippen LogP contribution in [0.4, 0.5) is 5.69 Å². The summed E-state index contributed by atoms with van der Waals surface area (Å²) in [7, 11) is -2.20. The first-order valence-electron chi connectivity index (χ1n) is 9.75. The minimum atomic E-state index is -3.67. The topological polar surface area (TPSA) is 79.9 Å². The average molecular weight is 428 g/mol.